The van der Waals surface area contributed by atoms with Crippen LogP contribution in [0.5, 0.6) is 17.2 Å². The topological polar surface area (TPSA) is 56.8 Å². The molecule has 1 N–H and O–H groups in total. The number of hydrogen-bond donors (Lipinski definition) is 1. The highest BCUT2D eigenvalue weighted by Gasteiger charge is 2.10. The summed E-state index contributed by atoms with van der Waals surface area (Å²) < 4.78 is 15.8. The largest absolute Gasteiger partial charge is 0.496 e. The summed E-state index contributed by atoms with van der Waals surface area (Å²) in [5.41, 5.74) is 1.64. The number of rotatable bonds is 7. The molecule has 0 unspecified atom stereocenters. The molecule has 0 spiro atoms. The van der Waals surface area contributed by atoms with Gasteiger partial charge in [0, 0.05) is 29.3 Å². The lowest BCUT2D eigenvalue weighted by Gasteiger charge is -2.12. The van der Waals surface area contributed by atoms with Gasteiger partial charge in [-0.3, -0.25) is 4.79 Å². The van der Waals surface area contributed by atoms with Crippen LogP contribution < -0.4 is 19.5 Å². The quantitative estimate of drug-likeness (QED) is 0.764. The molecule has 0 bridgehead atoms. The average molecular weight is 362 g/mol. The number of carbonyl (C=O) groups excluding carboxylic acids is 1. The molecule has 132 valence electrons. The first-order valence-electron chi connectivity index (χ1n) is 7.57. The maximum Gasteiger partial charge on any atom is 0.244 e. The summed E-state index contributed by atoms with van der Waals surface area (Å²) in [6.07, 6.45) is 3.10. The van der Waals surface area contributed by atoms with E-state index >= 15 is 0 Å². The zero-order valence-corrected chi connectivity index (χ0v) is 15.1. The van der Waals surface area contributed by atoms with Crippen LogP contribution in [0, 0.1) is 0 Å². The maximum absolute atomic E-state index is 12.0. The second-order valence-electron chi connectivity index (χ2n) is 5.13. The Kier molecular flexibility index (Phi) is 6.71. The van der Waals surface area contributed by atoms with Crippen LogP contribution in [0.4, 0.5) is 0 Å². The van der Waals surface area contributed by atoms with Gasteiger partial charge in [-0.2, -0.15) is 0 Å². The van der Waals surface area contributed by atoms with Crippen LogP contribution in [0.2, 0.25) is 5.02 Å². The van der Waals surface area contributed by atoms with Gasteiger partial charge >= 0.3 is 0 Å². The summed E-state index contributed by atoms with van der Waals surface area (Å²) >= 11 is 5.93. The van der Waals surface area contributed by atoms with Crippen LogP contribution in [-0.2, 0) is 11.3 Å². The van der Waals surface area contributed by atoms with E-state index in [0.29, 0.717) is 34.4 Å². The van der Waals surface area contributed by atoms with Gasteiger partial charge in [0.2, 0.25) is 5.91 Å². The molecule has 2 aromatic rings. The van der Waals surface area contributed by atoms with E-state index in [9.17, 15) is 4.79 Å². The number of amides is 1. The molecule has 2 rings (SSSR count). The summed E-state index contributed by atoms with van der Waals surface area (Å²) in [4.78, 5) is 12.0. The van der Waals surface area contributed by atoms with Gasteiger partial charge in [-0.25, -0.2) is 0 Å². The van der Waals surface area contributed by atoms with Crippen LogP contribution in [0.3, 0.4) is 0 Å². The normalized spacial score (nSPS) is 10.6. The summed E-state index contributed by atoms with van der Waals surface area (Å²) in [6.45, 7) is 0.396. The Morgan fingerprint density at radius 2 is 1.72 bits per heavy atom. The molecule has 1 amide bonds. The molecule has 6 heteroatoms. The van der Waals surface area contributed by atoms with E-state index in [1.54, 1.807) is 45.6 Å². The first-order chi connectivity index (χ1) is 12.1. The summed E-state index contributed by atoms with van der Waals surface area (Å²) in [5.74, 6) is 1.47. The van der Waals surface area contributed by atoms with Gasteiger partial charge in [0.15, 0.2) is 11.5 Å². The molecule has 25 heavy (non-hydrogen) atoms. The molecule has 0 aliphatic heterocycles. The number of halogens is 1. The van der Waals surface area contributed by atoms with Gasteiger partial charge < -0.3 is 19.5 Å². The SMILES string of the molecule is COc1cc(OC)c(OC)cc1/C=C/C(=O)NCc1cccc(Cl)c1. The van der Waals surface area contributed by atoms with Crippen molar-refractivity contribution in [3.05, 3.63) is 58.6 Å². The van der Waals surface area contributed by atoms with Crippen molar-refractivity contribution in [2.45, 2.75) is 6.54 Å². The van der Waals surface area contributed by atoms with E-state index in [1.807, 2.05) is 18.2 Å². The Balaban J connectivity index is 2.08. The number of benzene rings is 2. The van der Waals surface area contributed by atoms with Crippen molar-refractivity contribution in [3.8, 4) is 17.2 Å². The van der Waals surface area contributed by atoms with Crippen molar-refractivity contribution in [2.24, 2.45) is 0 Å². The molecule has 0 aliphatic carbocycles. The molecule has 0 heterocycles. The molecule has 2 aromatic carbocycles. The minimum absolute atomic E-state index is 0.225. The zero-order valence-electron chi connectivity index (χ0n) is 14.3. The Labute approximate surface area is 152 Å². The van der Waals surface area contributed by atoms with Gasteiger partial charge in [-0.05, 0) is 29.8 Å². The molecule has 0 saturated heterocycles. The average Bonchev–Trinajstić information content (AvgIpc) is 2.63. The van der Waals surface area contributed by atoms with Crippen LogP contribution in [0.1, 0.15) is 11.1 Å². The fourth-order valence-electron chi connectivity index (χ4n) is 2.24. The lowest BCUT2D eigenvalue weighted by molar-refractivity contribution is -0.116. The van der Waals surface area contributed by atoms with Crippen molar-refractivity contribution in [2.75, 3.05) is 21.3 Å². The van der Waals surface area contributed by atoms with Crippen LogP contribution in [0.25, 0.3) is 6.08 Å². The highest BCUT2D eigenvalue weighted by Crippen LogP contribution is 2.35. The lowest BCUT2D eigenvalue weighted by atomic mass is 10.1. The van der Waals surface area contributed by atoms with Crippen molar-refractivity contribution >= 4 is 23.6 Å². The Morgan fingerprint density at radius 1 is 1.04 bits per heavy atom. The molecule has 0 fully saturated rings. The molecule has 0 radical (unpaired) electrons. The third kappa shape index (κ3) is 5.16. The van der Waals surface area contributed by atoms with Gasteiger partial charge in [0.05, 0.1) is 21.3 Å². The van der Waals surface area contributed by atoms with Crippen LogP contribution in [-0.4, -0.2) is 27.2 Å². The monoisotopic (exact) mass is 361 g/mol. The molecular formula is C19H20ClNO4. The third-order valence-corrected chi connectivity index (χ3v) is 3.74. The van der Waals surface area contributed by atoms with Crippen LogP contribution >= 0.6 is 11.6 Å². The third-order valence-electron chi connectivity index (χ3n) is 3.51. The van der Waals surface area contributed by atoms with Crippen molar-refractivity contribution in [3.63, 3.8) is 0 Å². The molecular weight excluding hydrogens is 342 g/mol. The first-order valence-corrected chi connectivity index (χ1v) is 7.95. The minimum atomic E-state index is -0.225. The maximum atomic E-state index is 12.0. The van der Waals surface area contributed by atoms with Crippen molar-refractivity contribution in [1.82, 2.24) is 5.32 Å². The highest BCUT2D eigenvalue weighted by atomic mass is 35.5. The fourth-order valence-corrected chi connectivity index (χ4v) is 2.46. The highest BCUT2D eigenvalue weighted by molar-refractivity contribution is 6.30. The standard InChI is InChI=1S/C19H20ClNO4/c1-23-16-11-18(25-3)17(24-2)10-14(16)7-8-19(22)21-12-13-5-4-6-15(20)9-13/h4-11H,12H2,1-3H3,(H,21,22)/b8-7+. The number of nitrogens with one attached hydrogen (secondary N) is 1. The lowest BCUT2D eigenvalue weighted by Crippen LogP contribution is -2.20. The van der Waals surface area contributed by atoms with Crippen LogP contribution in [0.15, 0.2) is 42.5 Å². The van der Waals surface area contributed by atoms with E-state index in [0.717, 1.165) is 5.56 Å². The zero-order chi connectivity index (χ0) is 18.2. The van der Waals surface area contributed by atoms with E-state index in [1.165, 1.54) is 6.08 Å². The van der Waals surface area contributed by atoms with Crippen molar-refractivity contribution in [1.29, 1.82) is 0 Å². The minimum Gasteiger partial charge on any atom is -0.496 e. The number of carbonyl (C=O) groups is 1. The van der Waals surface area contributed by atoms with Gasteiger partial charge in [0.1, 0.15) is 5.75 Å². The predicted molar refractivity (Wildman–Crippen MR) is 98.4 cm³/mol. The molecule has 0 saturated carbocycles. The molecule has 0 aliphatic rings. The number of ether oxygens (including phenoxy) is 3. The van der Waals surface area contributed by atoms with Gasteiger partial charge in [0.25, 0.3) is 0 Å². The number of methoxy groups -OCH3 is 3. The van der Waals surface area contributed by atoms with Crippen molar-refractivity contribution < 1.29 is 19.0 Å². The Morgan fingerprint density at radius 3 is 2.36 bits per heavy atom. The Hall–Kier alpha value is -2.66. The molecule has 5 nitrogen and oxygen atoms in total. The second kappa shape index (κ2) is 8.99. The Bertz CT molecular complexity index is 774. The van der Waals surface area contributed by atoms with E-state index in [4.69, 9.17) is 25.8 Å². The van der Waals surface area contributed by atoms with E-state index in [-0.39, 0.29) is 5.91 Å². The molecule has 0 atom stereocenters. The molecule has 0 aromatic heterocycles. The second-order valence-corrected chi connectivity index (χ2v) is 5.57. The smallest absolute Gasteiger partial charge is 0.244 e. The predicted octanol–water partition coefficient (Wildman–Crippen LogP) is 3.70. The summed E-state index contributed by atoms with van der Waals surface area (Å²) in [6, 6.07) is 10.8. The van der Waals surface area contributed by atoms with E-state index in [2.05, 4.69) is 5.32 Å². The van der Waals surface area contributed by atoms with Gasteiger partial charge in [-0.15, -0.1) is 0 Å². The number of hydrogen-bond acceptors (Lipinski definition) is 4. The fraction of sp³-hybridized carbons (Fsp3) is 0.211. The first kappa shape index (κ1) is 18.7. The summed E-state index contributed by atoms with van der Waals surface area (Å²) in [5, 5.41) is 3.44. The van der Waals surface area contributed by atoms with E-state index < -0.39 is 0 Å². The van der Waals surface area contributed by atoms with Gasteiger partial charge in [-0.1, -0.05) is 23.7 Å². The summed E-state index contributed by atoms with van der Waals surface area (Å²) in [7, 11) is 4.66.